The summed E-state index contributed by atoms with van der Waals surface area (Å²) in [4.78, 5) is 20.3. The Labute approximate surface area is 136 Å². The molecule has 1 heterocycles. The van der Waals surface area contributed by atoms with Crippen molar-refractivity contribution in [3.05, 3.63) is 17.0 Å². The van der Waals surface area contributed by atoms with E-state index in [9.17, 15) is 4.79 Å². The third kappa shape index (κ3) is 4.09. The summed E-state index contributed by atoms with van der Waals surface area (Å²) in [5, 5.41) is 6.65. The summed E-state index contributed by atoms with van der Waals surface area (Å²) < 4.78 is 0. The van der Waals surface area contributed by atoms with E-state index in [1.807, 2.05) is 6.20 Å². The monoisotopic (exact) mass is 322 g/mol. The molecule has 1 amide bonds. The summed E-state index contributed by atoms with van der Waals surface area (Å²) in [5.41, 5.74) is 1.17. The van der Waals surface area contributed by atoms with Gasteiger partial charge in [0.2, 0.25) is 11.2 Å². The fraction of sp³-hybridized carbons (Fsp3) is 0.688. The number of nitrogens with one attached hydrogen (secondary N) is 2. The molecule has 120 valence electrons. The first-order chi connectivity index (χ1) is 10.7. The minimum Gasteiger partial charge on any atom is -0.370 e. The van der Waals surface area contributed by atoms with E-state index in [0.717, 1.165) is 31.6 Å². The van der Waals surface area contributed by atoms with Gasteiger partial charge < -0.3 is 10.6 Å². The van der Waals surface area contributed by atoms with Crippen molar-refractivity contribution in [2.24, 2.45) is 5.92 Å². The number of aromatic nitrogens is 2. The zero-order valence-corrected chi connectivity index (χ0v) is 13.5. The molecule has 0 saturated heterocycles. The van der Waals surface area contributed by atoms with Gasteiger partial charge >= 0.3 is 0 Å². The third-order valence-electron chi connectivity index (χ3n) is 4.48. The molecule has 0 atom stereocenters. The predicted molar refractivity (Wildman–Crippen MR) is 87.1 cm³/mol. The lowest BCUT2D eigenvalue weighted by Gasteiger charge is -2.12. The van der Waals surface area contributed by atoms with E-state index in [4.69, 9.17) is 11.6 Å². The standard InChI is InChI=1S/C16H23ClN4O/c17-16-20-10-13(11-6-7-11)14(21-16)18-8-3-9-19-15(22)12-4-1-2-5-12/h10-12H,1-9H2,(H,19,22)(H,18,20,21). The molecule has 2 aliphatic carbocycles. The number of halogens is 1. The van der Waals surface area contributed by atoms with E-state index in [-0.39, 0.29) is 17.1 Å². The van der Waals surface area contributed by atoms with Crippen LogP contribution in [0, 0.1) is 5.92 Å². The summed E-state index contributed by atoms with van der Waals surface area (Å²) in [5.74, 6) is 1.91. The molecule has 0 aliphatic heterocycles. The lowest BCUT2D eigenvalue weighted by atomic mass is 10.1. The van der Waals surface area contributed by atoms with Gasteiger partial charge in [0, 0.05) is 30.8 Å². The number of amides is 1. The molecule has 2 N–H and O–H groups in total. The highest BCUT2D eigenvalue weighted by molar-refractivity contribution is 6.28. The highest BCUT2D eigenvalue weighted by Gasteiger charge is 2.27. The van der Waals surface area contributed by atoms with Crippen molar-refractivity contribution >= 4 is 23.3 Å². The van der Waals surface area contributed by atoms with Crippen LogP contribution in [0.2, 0.25) is 5.28 Å². The first-order valence-electron chi connectivity index (χ1n) is 8.28. The molecule has 0 spiro atoms. The number of hydrogen-bond donors (Lipinski definition) is 2. The minimum absolute atomic E-state index is 0.223. The van der Waals surface area contributed by atoms with Gasteiger partial charge in [-0.15, -0.1) is 0 Å². The van der Waals surface area contributed by atoms with Gasteiger partial charge in [0.25, 0.3) is 0 Å². The van der Waals surface area contributed by atoms with Gasteiger partial charge in [0.15, 0.2) is 0 Å². The number of hydrogen-bond acceptors (Lipinski definition) is 4. The Hall–Kier alpha value is -1.36. The molecule has 0 bridgehead atoms. The van der Waals surface area contributed by atoms with Gasteiger partial charge in [-0.05, 0) is 49.6 Å². The van der Waals surface area contributed by atoms with E-state index in [0.29, 0.717) is 12.5 Å². The summed E-state index contributed by atoms with van der Waals surface area (Å²) in [6.45, 7) is 1.48. The second kappa shape index (κ2) is 7.27. The molecule has 0 aromatic carbocycles. The smallest absolute Gasteiger partial charge is 0.224 e. The Morgan fingerprint density at radius 3 is 2.73 bits per heavy atom. The summed E-state index contributed by atoms with van der Waals surface area (Å²) in [6, 6.07) is 0. The van der Waals surface area contributed by atoms with Crippen molar-refractivity contribution in [2.45, 2.75) is 50.9 Å². The van der Waals surface area contributed by atoms with Gasteiger partial charge in [-0.3, -0.25) is 4.79 Å². The average molecular weight is 323 g/mol. The highest BCUT2D eigenvalue weighted by atomic mass is 35.5. The van der Waals surface area contributed by atoms with E-state index in [2.05, 4.69) is 20.6 Å². The largest absolute Gasteiger partial charge is 0.370 e. The molecule has 6 heteroatoms. The Balaban J connectivity index is 1.39. The summed E-state index contributed by atoms with van der Waals surface area (Å²) >= 11 is 5.88. The number of anilines is 1. The molecule has 2 aliphatic rings. The molecule has 1 aromatic heterocycles. The van der Waals surface area contributed by atoms with Crippen LogP contribution in [0.3, 0.4) is 0 Å². The van der Waals surface area contributed by atoms with Gasteiger partial charge in [0.1, 0.15) is 5.82 Å². The van der Waals surface area contributed by atoms with Crippen LogP contribution in [0.25, 0.3) is 0 Å². The highest BCUT2D eigenvalue weighted by Crippen LogP contribution is 2.42. The van der Waals surface area contributed by atoms with E-state index >= 15 is 0 Å². The topological polar surface area (TPSA) is 66.9 Å². The predicted octanol–water partition coefficient (Wildman–Crippen LogP) is 3.12. The Bertz CT molecular complexity index is 527. The molecule has 22 heavy (non-hydrogen) atoms. The van der Waals surface area contributed by atoms with Gasteiger partial charge in [-0.2, -0.15) is 0 Å². The van der Waals surface area contributed by atoms with Gasteiger partial charge in [0.05, 0.1) is 0 Å². The van der Waals surface area contributed by atoms with Gasteiger partial charge in [-0.25, -0.2) is 9.97 Å². The molecule has 2 fully saturated rings. The van der Waals surface area contributed by atoms with Crippen LogP contribution in [0.4, 0.5) is 5.82 Å². The molecule has 2 saturated carbocycles. The summed E-state index contributed by atoms with van der Waals surface area (Å²) in [6.07, 6.45) is 9.61. The molecule has 3 rings (SSSR count). The number of nitrogens with zero attached hydrogens (tertiary/aromatic N) is 2. The van der Waals surface area contributed by atoms with Crippen LogP contribution in [-0.2, 0) is 4.79 Å². The normalized spacial score (nSPS) is 18.4. The van der Waals surface area contributed by atoms with Crippen LogP contribution >= 0.6 is 11.6 Å². The van der Waals surface area contributed by atoms with Crippen LogP contribution in [0.5, 0.6) is 0 Å². The lowest BCUT2D eigenvalue weighted by molar-refractivity contribution is -0.124. The first kappa shape index (κ1) is 15.5. The van der Waals surface area contributed by atoms with Crippen molar-refractivity contribution in [3.8, 4) is 0 Å². The maximum Gasteiger partial charge on any atom is 0.224 e. The van der Waals surface area contributed by atoms with E-state index in [1.165, 1.54) is 31.2 Å². The molecule has 0 unspecified atom stereocenters. The van der Waals surface area contributed by atoms with Crippen molar-refractivity contribution in [2.75, 3.05) is 18.4 Å². The van der Waals surface area contributed by atoms with Crippen LogP contribution in [0.15, 0.2) is 6.20 Å². The van der Waals surface area contributed by atoms with Crippen molar-refractivity contribution in [1.29, 1.82) is 0 Å². The third-order valence-corrected chi connectivity index (χ3v) is 4.66. The van der Waals surface area contributed by atoms with Gasteiger partial charge in [-0.1, -0.05) is 12.8 Å². The number of carbonyl (C=O) groups excluding carboxylic acids is 1. The Morgan fingerprint density at radius 2 is 2.00 bits per heavy atom. The fourth-order valence-corrected chi connectivity index (χ4v) is 3.18. The Morgan fingerprint density at radius 1 is 1.23 bits per heavy atom. The van der Waals surface area contributed by atoms with E-state index in [1.54, 1.807) is 0 Å². The molecule has 1 aromatic rings. The number of rotatable bonds is 7. The molecule has 5 nitrogen and oxygen atoms in total. The quantitative estimate of drug-likeness (QED) is 0.598. The van der Waals surface area contributed by atoms with Crippen molar-refractivity contribution in [3.63, 3.8) is 0 Å². The first-order valence-corrected chi connectivity index (χ1v) is 8.66. The van der Waals surface area contributed by atoms with Crippen LogP contribution in [0.1, 0.15) is 56.4 Å². The Kier molecular flexibility index (Phi) is 5.13. The minimum atomic E-state index is 0.223. The fourth-order valence-electron chi connectivity index (χ4n) is 3.04. The number of carbonyl (C=O) groups is 1. The second-order valence-electron chi connectivity index (χ2n) is 6.27. The summed E-state index contributed by atoms with van der Waals surface area (Å²) in [7, 11) is 0. The maximum atomic E-state index is 11.9. The molecule has 0 radical (unpaired) electrons. The van der Waals surface area contributed by atoms with Crippen LogP contribution < -0.4 is 10.6 Å². The maximum absolute atomic E-state index is 11.9. The SMILES string of the molecule is O=C(NCCCNc1nc(Cl)ncc1C1CC1)C1CCCC1. The molecular formula is C16H23ClN4O. The lowest BCUT2D eigenvalue weighted by Crippen LogP contribution is -2.30. The molecular weight excluding hydrogens is 300 g/mol. The zero-order valence-electron chi connectivity index (χ0n) is 12.8. The second-order valence-corrected chi connectivity index (χ2v) is 6.61. The zero-order chi connectivity index (χ0) is 15.4. The van der Waals surface area contributed by atoms with Crippen molar-refractivity contribution in [1.82, 2.24) is 15.3 Å². The van der Waals surface area contributed by atoms with Crippen molar-refractivity contribution < 1.29 is 4.79 Å². The van der Waals surface area contributed by atoms with E-state index < -0.39 is 0 Å². The average Bonchev–Trinajstić information content (AvgIpc) is 3.20. The van der Waals surface area contributed by atoms with Crippen LogP contribution in [-0.4, -0.2) is 29.0 Å².